The van der Waals surface area contributed by atoms with Crippen LogP contribution in [0.4, 0.5) is 0 Å². The molecule has 1 aromatic rings. The number of esters is 1. The molecular formula is C27H35NO4. The quantitative estimate of drug-likeness (QED) is 0.590. The molecule has 0 amide bonds. The summed E-state index contributed by atoms with van der Waals surface area (Å²) in [5.74, 6) is 0.0283. The fourth-order valence-corrected chi connectivity index (χ4v) is 5.30. The number of hydrogen-bond acceptors (Lipinski definition) is 5. The molecule has 172 valence electrons. The van der Waals surface area contributed by atoms with E-state index in [1.54, 1.807) is 0 Å². The molecule has 5 heteroatoms. The Morgan fingerprint density at radius 1 is 1.16 bits per heavy atom. The van der Waals surface area contributed by atoms with Crippen molar-refractivity contribution in [2.24, 2.45) is 5.41 Å². The largest absolute Gasteiger partial charge is 0.493 e. The molecule has 0 radical (unpaired) electrons. The zero-order valence-corrected chi connectivity index (χ0v) is 19.8. The molecule has 1 saturated carbocycles. The first-order valence-electron chi connectivity index (χ1n) is 12.0. The van der Waals surface area contributed by atoms with Crippen LogP contribution < -0.4 is 10.1 Å². The molecule has 5 nitrogen and oxygen atoms in total. The average Bonchev–Trinajstić information content (AvgIpc) is 3.23. The monoisotopic (exact) mass is 437 g/mol. The second kappa shape index (κ2) is 9.13. The number of ketones is 1. The predicted octanol–water partition coefficient (Wildman–Crippen LogP) is 5.57. The van der Waals surface area contributed by atoms with Crippen LogP contribution in [0.15, 0.2) is 46.8 Å². The third kappa shape index (κ3) is 4.48. The van der Waals surface area contributed by atoms with Crippen molar-refractivity contribution in [1.29, 1.82) is 0 Å². The maximum Gasteiger partial charge on any atom is 0.337 e. The maximum absolute atomic E-state index is 13.5. The Labute approximate surface area is 191 Å². The molecular weight excluding hydrogens is 402 g/mol. The van der Waals surface area contributed by atoms with Gasteiger partial charge in [-0.25, -0.2) is 4.79 Å². The molecule has 1 aromatic carbocycles. The van der Waals surface area contributed by atoms with Crippen molar-refractivity contribution in [2.75, 3.05) is 6.61 Å². The van der Waals surface area contributed by atoms with Crippen LogP contribution in [-0.4, -0.2) is 24.5 Å². The van der Waals surface area contributed by atoms with E-state index >= 15 is 0 Å². The average molecular weight is 438 g/mol. The number of rotatable bonds is 6. The summed E-state index contributed by atoms with van der Waals surface area (Å²) in [6, 6.07) is 7.79. The van der Waals surface area contributed by atoms with E-state index in [-0.39, 0.29) is 23.3 Å². The van der Waals surface area contributed by atoms with Gasteiger partial charge in [0.2, 0.25) is 0 Å². The molecule has 4 rings (SSSR count). The minimum absolute atomic E-state index is 0.0357. The number of benzene rings is 1. The van der Waals surface area contributed by atoms with Crippen molar-refractivity contribution in [3.8, 4) is 5.75 Å². The van der Waals surface area contributed by atoms with E-state index in [2.05, 4.69) is 26.1 Å². The van der Waals surface area contributed by atoms with Gasteiger partial charge in [-0.15, -0.1) is 0 Å². The Hall–Kier alpha value is -2.56. The first-order chi connectivity index (χ1) is 15.3. The molecule has 1 fully saturated rings. The van der Waals surface area contributed by atoms with Crippen molar-refractivity contribution in [3.05, 3.63) is 52.4 Å². The zero-order chi connectivity index (χ0) is 22.9. The van der Waals surface area contributed by atoms with E-state index in [4.69, 9.17) is 9.47 Å². The Bertz CT molecular complexity index is 966. The first-order valence-corrected chi connectivity index (χ1v) is 12.0. The molecule has 3 aliphatic rings. The molecule has 1 atom stereocenters. The lowest BCUT2D eigenvalue weighted by Gasteiger charge is -2.39. The summed E-state index contributed by atoms with van der Waals surface area (Å²) in [6.45, 7) is 8.80. The number of allylic oxidation sites excluding steroid dienone is 3. The van der Waals surface area contributed by atoms with Gasteiger partial charge in [-0.1, -0.05) is 39.0 Å². The van der Waals surface area contributed by atoms with Crippen LogP contribution in [0.2, 0.25) is 0 Å². The van der Waals surface area contributed by atoms with Gasteiger partial charge >= 0.3 is 5.97 Å². The van der Waals surface area contributed by atoms with Crippen LogP contribution in [0.25, 0.3) is 0 Å². The van der Waals surface area contributed by atoms with Gasteiger partial charge in [0.05, 0.1) is 18.1 Å². The second-order valence-electron chi connectivity index (χ2n) is 10.1. The molecule has 1 unspecified atom stereocenters. The van der Waals surface area contributed by atoms with Crippen molar-refractivity contribution < 1.29 is 19.1 Å². The Morgan fingerprint density at radius 3 is 2.59 bits per heavy atom. The highest BCUT2D eigenvalue weighted by Gasteiger charge is 2.44. The summed E-state index contributed by atoms with van der Waals surface area (Å²) in [5.41, 5.74) is 3.68. The lowest BCUT2D eigenvalue weighted by atomic mass is 9.68. The number of dihydropyridines is 1. The third-order valence-electron chi connectivity index (χ3n) is 6.73. The molecule has 0 bridgehead atoms. The standard InChI is InChI=1S/C27H35NO4/c1-5-14-31-22-13-9-8-12-19(22)24-23(26(30)32-18-10-6-7-11-18)17(2)28-20-15-27(3,4)16-21(29)25(20)24/h8-9,12-13,18,24,28H,5-7,10-11,14-16H2,1-4H3. The Kier molecular flexibility index (Phi) is 6.45. The molecule has 1 aliphatic heterocycles. The van der Waals surface area contributed by atoms with Gasteiger partial charge in [0, 0.05) is 29.0 Å². The van der Waals surface area contributed by atoms with E-state index in [1.807, 2.05) is 31.2 Å². The van der Waals surface area contributed by atoms with Gasteiger partial charge in [-0.05, 0) is 56.9 Å². The summed E-state index contributed by atoms with van der Waals surface area (Å²) in [4.78, 5) is 26.9. The van der Waals surface area contributed by atoms with Crippen LogP contribution in [0.3, 0.4) is 0 Å². The lowest BCUT2D eigenvalue weighted by Crippen LogP contribution is -2.39. The second-order valence-corrected chi connectivity index (χ2v) is 10.1. The normalized spacial score (nSPS) is 23.1. The van der Waals surface area contributed by atoms with Gasteiger partial charge in [0.15, 0.2) is 5.78 Å². The number of carbonyl (C=O) groups is 2. The SMILES string of the molecule is CCCOc1ccccc1C1C(C(=O)OC2CCCC2)=C(C)NC2=C1C(=O)CC(C)(C)C2. The first kappa shape index (κ1) is 22.6. The molecule has 1 N–H and O–H groups in total. The fourth-order valence-electron chi connectivity index (χ4n) is 5.30. The minimum atomic E-state index is -0.475. The Balaban J connectivity index is 1.81. The molecule has 2 aliphatic carbocycles. The topological polar surface area (TPSA) is 64.6 Å². The summed E-state index contributed by atoms with van der Waals surface area (Å²) in [6.07, 6.45) is 6.08. The maximum atomic E-state index is 13.5. The number of para-hydroxylation sites is 1. The summed E-state index contributed by atoms with van der Waals surface area (Å²) < 4.78 is 12.0. The third-order valence-corrected chi connectivity index (χ3v) is 6.73. The van der Waals surface area contributed by atoms with Crippen molar-refractivity contribution >= 4 is 11.8 Å². The highest BCUT2D eigenvalue weighted by molar-refractivity contribution is 6.04. The lowest BCUT2D eigenvalue weighted by molar-refractivity contribution is -0.144. The highest BCUT2D eigenvalue weighted by Crippen LogP contribution is 2.48. The van der Waals surface area contributed by atoms with Crippen LogP contribution >= 0.6 is 0 Å². The van der Waals surface area contributed by atoms with Crippen LogP contribution in [0.1, 0.15) is 84.1 Å². The molecule has 0 spiro atoms. The number of nitrogens with one attached hydrogen (secondary N) is 1. The molecule has 32 heavy (non-hydrogen) atoms. The van der Waals surface area contributed by atoms with E-state index in [9.17, 15) is 9.59 Å². The number of carbonyl (C=O) groups excluding carboxylic acids is 2. The molecule has 0 saturated heterocycles. The Morgan fingerprint density at radius 2 is 1.88 bits per heavy atom. The van der Waals surface area contributed by atoms with Crippen LogP contribution in [0.5, 0.6) is 5.75 Å². The van der Waals surface area contributed by atoms with Crippen LogP contribution in [0, 0.1) is 5.41 Å². The summed E-state index contributed by atoms with van der Waals surface area (Å²) in [5, 5.41) is 3.42. The van der Waals surface area contributed by atoms with Gasteiger partial charge in [-0.3, -0.25) is 4.79 Å². The van der Waals surface area contributed by atoms with E-state index in [0.29, 0.717) is 24.2 Å². The molecule has 0 aromatic heterocycles. The van der Waals surface area contributed by atoms with Gasteiger partial charge < -0.3 is 14.8 Å². The van der Waals surface area contributed by atoms with E-state index in [1.165, 1.54) is 0 Å². The van der Waals surface area contributed by atoms with E-state index < -0.39 is 5.92 Å². The van der Waals surface area contributed by atoms with Crippen molar-refractivity contribution in [1.82, 2.24) is 5.32 Å². The number of Topliss-reactive ketones (excluding diaryl/α,β-unsaturated/α-hetero) is 1. The summed E-state index contributed by atoms with van der Waals surface area (Å²) in [7, 11) is 0. The smallest absolute Gasteiger partial charge is 0.337 e. The van der Waals surface area contributed by atoms with Gasteiger partial charge in [0.25, 0.3) is 0 Å². The van der Waals surface area contributed by atoms with Crippen molar-refractivity contribution in [2.45, 2.75) is 84.7 Å². The molecule has 1 heterocycles. The summed E-state index contributed by atoms with van der Waals surface area (Å²) >= 11 is 0. The van der Waals surface area contributed by atoms with E-state index in [0.717, 1.165) is 61.2 Å². The van der Waals surface area contributed by atoms with Gasteiger partial charge in [-0.2, -0.15) is 0 Å². The van der Waals surface area contributed by atoms with Crippen molar-refractivity contribution in [3.63, 3.8) is 0 Å². The fraction of sp³-hybridized carbons (Fsp3) is 0.556. The highest BCUT2D eigenvalue weighted by atomic mass is 16.5. The zero-order valence-electron chi connectivity index (χ0n) is 19.8. The predicted molar refractivity (Wildman–Crippen MR) is 124 cm³/mol. The minimum Gasteiger partial charge on any atom is -0.493 e. The van der Waals surface area contributed by atoms with Crippen LogP contribution in [-0.2, 0) is 14.3 Å². The number of ether oxygens (including phenoxy) is 2. The number of hydrogen-bond donors (Lipinski definition) is 1. The van der Waals surface area contributed by atoms with Gasteiger partial charge in [0.1, 0.15) is 11.9 Å².